The van der Waals surface area contributed by atoms with Crippen LogP contribution in [0.3, 0.4) is 0 Å². The normalized spacial score (nSPS) is 8.85. The van der Waals surface area contributed by atoms with Gasteiger partial charge in [-0.2, -0.15) is 5.26 Å². The number of nitriles is 1. The molecule has 1 amide bonds. The van der Waals surface area contributed by atoms with E-state index in [2.05, 4.69) is 10.3 Å². The molecule has 0 bridgehead atoms. The van der Waals surface area contributed by atoms with Gasteiger partial charge in [0.25, 0.3) is 0 Å². The van der Waals surface area contributed by atoms with Crippen molar-refractivity contribution in [3.05, 3.63) is 18.2 Å². The van der Waals surface area contributed by atoms with Gasteiger partial charge in [0.05, 0.1) is 6.07 Å². The minimum Gasteiger partial charge on any atom is -0.384 e. The van der Waals surface area contributed by atoms with Crippen molar-refractivity contribution in [2.45, 2.75) is 6.42 Å². The Bertz CT molecular complexity index is 355. The summed E-state index contributed by atoms with van der Waals surface area (Å²) in [6, 6.07) is 6.62. The summed E-state index contributed by atoms with van der Waals surface area (Å²) < 4.78 is 0. The molecule has 1 heterocycles. The Balaban J connectivity index is 2.65. The van der Waals surface area contributed by atoms with E-state index < -0.39 is 0 Å². The van der Waals surface area contributed by atoms with Gasteiger partial charge in [0.15, 0.2) is 0 Å². The molecule has 0 radical (unpaired) electrons. The van der Waals surface area contributed by atoms with Gasteiger partial charge in [0, 0.05) is 0 Å². The summed E-state index contributed by atoms with van der Waals surface area (Å²) in [7, 11) is 0. The van der Waals surface area contributed by atoms with Gasteiger partial charge in [0.2, 0.25) is 5.91 Å². The SMILES string of the molecule is N#CCC(=O)Nc1cccc(N)n1. The summed E-state index contributed by atoms with van der Waals surface area (Å²) in [6.07, 6.45) is -0.184. The number of nitrogens with two attached hydrogens (primary N) is 1. The highest BCUT2D eigenvalue weighted by molar-refractivity contribution is 5.91. The number of rotatable bonds is 2. The van der Waals surface area contributed by atoms with Crippen LogP contribution in [-0.4, -0.2) is 10.9 Å². The van der Waals surface area contributed by atoms with Crippen LogP contribution < -0.4 is 11.1 Å². The first-order valence-corrected chi connectivity index (χ1v) is 3.61. The third-order valence-electron chi connectivity index (χ3n) is 1.28. The number of amides is 1. The zero-order valence-electron chi connectivity index (χ0n) is 6.82. The minimum atomic E-state index is -0.388. The lowest BCUT2D eigenvalue weighted by Gasteiger charge is -2.01. The predicted octanol–water partition coefficient (Wildman–Crippen LogP) is 0.516. The Labute approximate surface area is 75.2 Å². The van der Waals surface area contributed by atoms with E-state index in [9.17, 15) is 4.79 Å². The average molecular weight is 176 g/mol. The number of nitrogens with zero attached hydrogens (tertiary/aromatic N) is 2. The Morgan fingerprint density at radius 1 is 1.69 bits per heavy atom. The van der Waals surface area contributed by atoms with Gasteiger partial charge >= 0.3 is 0 Å². The van der Waals surface area contributed by atoms with Gasteiger partial charge < -0.3 is 11.1 Å². The molecule has 0 atom stereocenters. The van der Waals surface area contributed by atoms with Crippen molar-refractivity contribution in [1.29, 1.82) is 5.26 Å². The Morgan fingerprint density at radius 3 is 3.08 bits per heavy atom. The molecule has 1 aromatic heterocycles. The number of hydrogen-bond acceptors (Lipinski definition) is 4. The van der Waals surface area contributed by atoms with E-state index in [0.717, 1.165) is 0 Å². The lowest BCUT2D eigenvalue weighted by molar-refractivity contribution is -0.115. The van der Waals surface area contributed by atoms with Crippen molar-refractivity contribution in [3.63, 3.8) is 0 Å². The molecular formula is C8H8N4O. The molecule has 0 aromatic carbocycles. The molecule has 0 unspecified atom stereocenters. The maximum Gasteiger partial charge on any atom is 0.239 e. The standard InChI is InChI=1S/C8H8N4O/c9-5-4-8(13)12-7-3-1-2-6(10)11-7/h1-3H,4H2,(H3,10,11,12,13). The van der Waals surface area contributed by atoms with E-state index in [1.54, 1.807) is 24.3 Å². The molecule has 0 spiro atoms. The number of aromatic nitrogens is 1. The molecule has 13 heavy (non-hydrogen) atoms. The summed E-state index contributed by atoms with van der Waals surface area (Å²) in [6.45, 7) is 0. The molecule has 0 fully saturated rings. The van der Waals surface area contributed by atoms with E-state index >= 15 is 0 Å². The van der Waals surface area contributed by atoms with Crippen molar-refractivity contribution in [1.82, 2.24) is 4.98 Å². The zero-order chi connectivity index (χ0) is 9.68. The molecule has 0 aliphatic rings. The highest BCUT2D eigenvalue weighted by atomic mass is 16.1. The van der Waals surface area contributed by atoms with E-state index in [-0.39, 0.29) is 12.3 Å². The largest absolute Gasteiger partial charge is 0.384 e. The number of carbonyl (C=O) groups is 1. The maximum atomic E-state index is 10.9. The second-order valence-electron chi connectivity index (χ2n) is 2.33. The van der Waals surface area contributed by atoms with Gasteiger partial charge in [0.1, 0.15) is 18.1 Å². The topological polar surface area (TPSA) is 91.8 Å². The smallest absolute Gasteiger partial charge is 0.239 e. The maximum absolute atomic E-state index is 10.9. The number of anilines is 2. The molecule has 5 heteroatoms. The van der Waals surface area contributed by atoms with Crippen LogP contribution in [-0.2, 0) is 4.79 Å². The molecule has 1 aromatic rings. The minimum absolute atomic E-state index is 0.184. The Morgan fingerprint density at radius 2 is 2.46 bits per heavy atom. The van der Waals surface area contributed by atoms with Crippen LogP contribution in [0.2, 0.25) is 0 Å². The van der Waals surface area contributed by atoms with Crippen molar-refractivity contribution in [2.75, 3.05) is 11.1 Å². The molecule has 66 valence electrons. The first-order valence-electron chi connectivity index (χ1n) is 3.61. The fourth-order valence-corrected chi connectivity index (χ4v) is 0.780. The van der Waals surface area contributed by atoms with Gasteiger partial charge in [-0.15, -0.1) is 0 Å². The highest BCUT2D eigenvalue weighted by Gasteiger charge is 2.01. The lowest BCUT2D eigenvalue weighted by Crippen LogP contribution is -2.11. The number of carbonyl (C=O) groups excluding carboxylic acids is 1. The van der Waals surface area contributed by atoms with E-state index in [0.29, 0.717) is 11.6 Å². The van der Waals surface area contributed by atoms with E-state index in [4.69, 9.17) is 11.0 Å². The van der Waals surface area contributed by atoms with Crippen molar-refractivity contribution in [3.8, 4) is 6.07 Å². The quantitative estimate of drug-likeness (QED) is 0.686. The van der Waals surface area contributed by atoms with Crippen LogP contribution in [0.4, 0.5) is 11.6 Å². The van der Waals surface area contributed by atoms with E-state index in [1.165, 1.54) is 0 Å². The van der Waals surface area contributed by atoms with Crippen LogP contribution in [0.25, 0.3) is 0 Å². The predicted molar refractivity (Wildman–Crippen MR) is 47.5 cm³/mol. The first-order chi connectivity index (χ1) is 6.22. The lowest BCUT2D eigenvalue weighted by atomic mass is 10.4. The number of nitrogens with one attached hydrogen (secondary N) is 1. The number of pyridine rings is 1. The summed E-state index contributed by atoms with van der Waals surface area (Å²) in [4.78, 5) is 14.7. The average Bonchev–Trinajstić information content (AvgIpc) is 2.04. The van der Waals surface area contributed by atoms with E-state index in [1.807, 2.05) is 0 Å². The summed E-state index contributed by atoms with van der Waals surface area (Å²) in [5, 5.41) is 10.6. The number of hydrogen-bond donors (Lipinski definition) is 2. The molecular weight excluding hydrogens is 168 g/mol. The monoisotopic (exact) mass is 176 g/mol. The second kappa shape index (κ2) is 4.07. The fourth-order valence-electron chi connectivity index (χ4n) is 0.780. The summed E-state index contributed by atoms with van der Waals surface area (Å²) >= 11 is 0. The van der Waals surface area contributed by atoms with Crippen LogP contribution in [0, 0.1) is 11.3 Å². The third-order valence-corrected chi connectivity index (χ3v) is 1.28. The van der Waals surface area contributed by atoms with Crippen molar-refractivity contribution < 1.29 is 4.79 Å². The van der Waals surface area contributed by atoms with Crippen LogP contribution in [0.15, 0.2) is 18.2 Å². The summed E-state index contributed by atoms with van der Waals surface area (Å²) in [5.74, 6) is 0.301. The molecule has 0 aliphatic carbocycles. The van der Waals surface area contributed by atoms with Gasteiger partial charge in [-0.05, 0) is 12.1 Å². The summed E-state index contributed by atoms with van der Waals surface area (Å²) in [5.41, 5.74) is 5.38. The van der Waals surface area contributed by atoms with Crippen molar-refractivity contribution >= 4 is 17.5 Å². The second-order valence-corrected chi connectivity index (χ2v) is 2.33. The van der Waals surface area contributed by atoms with Crippen molar-refractivity contribution in [2.24, 2.45) is 0 Å². The third kappa shape index (κ3) is 2.79. The molecule has 3 N–H and O–H groups in total. The van der Waals surface area contributed by atoms with Gasteiger partial charge in [-0.25, -0.2) is 4.98 Å². The Hall–Kier alpha value is -2.09. The molecule has 0 saturated heterocycles. The fraction of sp³-hybridized carbons (Fsp3) is 0.125. The molecule has 0 saturated carbocycles. The zero-order valence-corrected chi connectivity index (χ0v) is 6.82. The van der Waals surface area contributed by atoms with Gasteiger partial charge in [-0.1, -0.05) is 6.07 Å². The van der Waals surface area contributed by atoms with Crippen LogP contribution in [0.1, 0.15) is 6.42 Å². The molecule has 1 rings (SSSR count). The molecule has 0 aliphatic heterocycles. The number of nitrogen functional groups attached to an aromatic ring is 1. The Kier molecular flexibility index (Phi) is 2.82. The van der Waals surface area contributed by atoms with Gasteiger partial charge in [-0.3, -0.25) is 4.79 Å². The van der Waals surface area contributed by atoms with Crippen LogP contribution >= 0.6 is 0 Å². The van der Waals surface area contributed by atoms with Crippen LogP contribution in [0.5, 0.6) is 0 Å². The first kappa shape index (κ1) is 9.00. The molecule has 5 nitrogen and oxygen atoms in total. The highest BCUT2D eigenvalue weighted by Crippen LogP contribution is 2.05.